The zero-order valence-electron chi connectivity index (χ0n) is 16.5. The van der Waals surface area contributed by atoms with Gasteiger partial charge in [-0.25, -0.2) is 8.42 Å². The Labute approximate surface area is 172 Å². The van der Waals surface area contributed by atoms with Crippen molar-refractivity contribution in [3.05, 3.63) is 101 Å². The highest BCUT2D eigenvalue weighted by Gasteiger charge is 2.18. The fourth-order valence-corrected chi connectivity index (χ4v) is 3.81. The minimum absolute atomic E-state index is 0.204. The molecule has 0 spiro atoms. The van der Waals surface area contributed by atoms with Gasteiger partial charge >= 0.3 is 0 Å². The number of aryl methyl sites for hydroxylation is 1. The molecule has 0 aliphatic rings. The molecule has 0 aromatic heterocycles. The van der Waals surface area contributed by atoms with E-state index in [1.165, 1.54) is 10.6 Å². The second-order valence-electron chi connectivity index (χ2n) is 6.97. The first-order valence-corrected chi connectivity index (χ1v) is 11.1. The van der Waals surface area contributed by atoms with Crippen LogP contribution in [0.3, 0.4) is 0 Å². The maximum atomic E-state index is 12.4. The zero-order chi connectivity index (χ0) is 20.9. The van der Waals surface area contributed by atoms with Crippen LogP contribution in [0.2, 0.25) is 0 Å². The molecule has 0 fully saturated rings. The van der Waals surface area contributed by atoms with Crippen LogP contribution >= 0.6 is 0 Å². The van der Waals surface area contributed by atoms with Crippen LogP contribution in [0.1, 0.15) is 27.0 Å². The molecule has 0 radical (unpaired) electrons. The zero-order valence-corrected chi connectivity index (χ0v) is 17.3. The van der Waals surface area contributed by atoms with Gasteiger partial charge in [-0.1, -0.05) is 60.2 Å². The number of benzene rings is 3. The van der Waals surface area contributed by atoms with Crippen LogP contribution in [0.4, 0.5) is 5.69 Å². The first-order chi connectivity index (χ1) is 13.8. The quantitative estimate of drug-likeness (QED) is 0.645. The van der Waals surface area contributed by atoms with E-state index in [9.17, 15) is 13.2 Å². The van der Waals surface area contributed by atoms with E-state index in [4.69, 9.17) is 0 Å². The number of hydrogen-bond donors (Lipinski definition) is 1. The van der Waals surface area contributed by atoms with Crippen LogP contribution in [0.5, 0.6) is 0 Å². The Hall–Kier alpha value is -3.12. The van der Waals surface area contributed by atoms with Crippen molar-refractivity contribution in [3.8, 4) is 0 Å². The molecular weight excluding hydrogens is 384 g/mol. The van der Waals surface area contributed by atoms with E-state index in [1.807, 2.05) is 61.5 Å². The van der Waals surface area contributed by atoms with Gasteiger partial charge in [0.05, 0.1) is 18.5 Å². The molecule has 1 N–H and O–H groups in total. The Kier molecular flexibility index (Phi) is 6.34. The normalized spacial score (nSPS) is 11.1. The minimum atomic E-state index is -3.47. The fourth-order valence-electron chi connectivity index (χ4n) is 2.92. The molecule has 0 saturated heterocycles. The molecule has 1 amide bonds. The average molecular weight is 409 g/mol. The number of carbonyl (C=O) groups is 1. The molecule has 0 atom stereocenters. The SMILES string of the molecule is Cc1ccc(CN(c2ccc(C(=O)NCc3ccccc3)cc2)S(C)(=O)=O)cc1. The monoisotopic (exact) mass is 408 g/mol. The number of amides is 1. The molecule has 29 heavy (non-hydrogen) atoms. The molecule has 3 aromatic rings. The molecule has 0 aliphatic carbocycles. The Balaban J connectivity index is 1.73. The van der Waals surface area contributed by atoms with E-state index >= 15 is 0 Å². The van der Waals surface area contributed by atoms with Gasteiger partial charge in [-0.05, 0) is 42.3 Å². The van der Waals surface area contributed by atoms with E-state index in [1.54, 1.807) is 24.3 Å². The predicted octanol–water partition coefficient (Wildman–Crippen LogP) is 3.89. The van der Waals surface area contributed by atoms with Gasteiger partial charge in [-0.2, -0.15) is 0 Å². The highest BCUT2D eigenvalue weighted by Crippen LogP contribution is 2.21. The highest BCUT2D eigenvalue weighted by molar-refractivity contribution is 7.92. The third kappa shape index (κ3) is 5.68. The topological polar surface area (TPSA) is 66.5 Å². The number of carbonyl (C=O) groups excluding carboxylic acids is 1. The van der Waals surface area contributed by atoms with E-state index in [0.29, 0.717) is 17.8 Å². The van der Waals surface area contributed by atoms with Gasteiger partial charge in [-0.3, -0.25) is 9.10 Å². The summed E-state index contributed by atoms with van der Waals surface area (Å²) in [6.45, 7) is 2.66. The van der Waals surface area contributed by atoms with Crippen LogP contribution in [0, 0.1) is 6.92 Å². The fraction of sp³-hybridized carbons (Fsp3) is 0.174. The Bertz CT molecular complexity index is 1060. The lowest BCUT2D eigenvalue weighted by molar-refractivity contribution is 0.0951. The molecule has 0 unspecified atom stereocenters. The first-order valence-electron chi connectivity index (χ1n) is 9.28. The number of rotatable bonds is 7. The summed E-state index contributed by atoms with van der Waals surface area (Å²) in [6, 6.07) is 24.0. The smallest absolute Gasteiger partial charge is 0.251 e. The maximum Gasteiger partial charge on any atom is 0.251 e. The maximum absolute atomic E-state index is 12.4. The van der Waals surface area contributed by atoms with E-state index in [2.05, 4.69) is 5.32 Å². The van der Waals surface area contributed by atoms with Crippen LogP contribution in [0.15, 0.2) is 78.9 Å². The van der Waals surface area contributed by atoms with Gasteiger partial charge in [0.2, 0.25) is 10.0 Å². The van der Waals surface area contributed by atoms with E-state index < -0.39 is 10.0 Å². The van der Waals surface area contributed by atoms with E-state index in [0.717, 1.165) is 16.7 Å². The molecule has 0 bridgehead atoms. The Morgan fingerprint density at radius 1 is 0.862 bits per heavy atom. The first kappa shape index (κ1) is 20.6. The van der Waals surface area contributed by atoms with Crippen LogP contribution in [0.25, 0.3) is 0 Å². The molecule has 5 nitrogen and oxygen atoms in total. The van der Waals surface area contributed by atoms with Crippen molar-refractivity contribution in [3.63, 3.8) is 0 Å². The molecule has 0 aliphatic heterocycles. The Morgan fingerprint density at radius 3 is 2.07 bits per heavy atom. The van der Waals surface area contributed by atoms with Gasteiger partial charge in [0.1, 0.15) is 0 Å². The lowest BCUT2D eigenvalue weighted by Crippen LogP contribution is -2.29. The van der Waals surface area contributed by atoms with Crippen molar-refractivity contribution in [1.29, 1.82) is 0 Å². The summed E-state index contributed by atoms with van der Waals surface area (Å²) < 4.78 is 26.0. The van der Waals surface area contributed by atoms with Gasteiger partial charge < -0.3 is 5.32 Å². The summed E-state index contributed by atoms with van der Waals surface area (Å²) in [5.41, 5.74) is 4.02. The van der Waals surface area contributed by atoms with Crippen molar-refractivity contribution in [2.24, 2.45) is 0 Å². The van der Waals surface area contributed by atoms with Crippen molar-refractivity contribution < 1.29 is 13.2 Å². The third-order valence-electron chi connectivity index (χ3n) is 4.56. The van der Waals surface area contributed by atoms with Gasteiger partial charge in [0.15, 0.2) is 0 Å². The summed E-state index contributed by atoms with van der Waals surface area (Å²) in [4.78, 5) is 12.4. The molecule has 0 heterocycles. The van der Waals surface area contributed by atoms with Gasteiger partial charge in [0, 0.05) is 12.1 Å². The lowest BCUT2D eigenvalue weighted by atomic mass is 10.1. The number of nitrogens with zero attached hydrogens (tertiary/aromatic N) is 1. The highest BCUT2D eigenvalue weighted by atomic mass is 32.2. The van der Waals surface area contributed by atoms with Gasteiger partial charge in [-0.15, -0.1) is 0 Å². The third-order valence-corrected chi connectivity index (χ3v) is 5.70. The van der Waals surface area contributed by atoms with Crippen molar-refractivity contribution in [2.75, 3.05) is 10.6 Å². The summed E-state index contributed by atoms with van der Waals surface area (Å²) in [6.07, 6.45) is 1.18. The standard InChI is InChI=1S/C23H24N2O3S/c1-18-8-10-20(11-9-18)17-25(29(2,27)28)22-14-12-21(13-15-22)23(26)24-16-19-6-4-3-5-7-19/h3-15H,16-17H2,1-2H3,(H,24,26). The molecule has 6 heteroatoms. The number of nitrogens with one attached hydrogen (secondary N) is 1. The Morgan fingerprint density at radius 2 is 1.48 bits per heavy atom. The second kappa shape index (κ2) is 8.92. The van der Waals surface area contributed by atoms with Crippen molar-refractivity contribution in [1.82, 2.24) is 5.32 Å². The molecular formula is C23H24N2O3S. The lowest BCUT2D eigenvalue weighted by Gasteiger charge is -2.23. The predicted molar refractivity (Wildman–Crippen MR) is 116 cm³/mol. The molecule has 3 aromatic carbocycles. The summed E-state index contributed by atoms with van der Waals surface area (Å²) in [5, 5.41) is 2.87. The largest absolute Gasteiger partial charge is 0.348 e. The molecule has 3 rings (SSSR count). The summed E-state index contributed by atoms with van der Waals surface area (Å²) >= 11 is 0. The number of anilines is 1. The number of sulfonamides is 1. The molecule has 150 valence electrons. The minimum Gasteiger partial charge on any atom is -0.348 e. The number of hydrogen-bond acceptors (Lipinski definition) is 3. The van der Waals surface area contributed by atoms with E-state index in [-0.39, 0.29) is 12.5 Å². The average Bonchev–Trinajstić information content (AvgIpc) is 2.71. The van der Waals surface area contributed by atoms with Crippen molar-refractivity contribution >= 4 is 21.6 Å². The van der Waals surface area contributed by atoms with Gasteiger partial charge in [0.25, 0.3) is 5.91 Å². The summed E-state index contributed by atoms with van der Waals surface area (Å²) in [7, 11) is -3.47. The summed E-state index contributed by atoms with van der Waals surface area (Å²) in [5.74, 6) is -0.204. The van der Waals surface area contributed by atoms with Crippen LogP contribution in [-0.4, -0.2) is 20.6 Å². The van der Waals surface area contributed by atoms with Crippen LogP contribution in [-0.2, 0) is 23.1 Å². The van der Waals surface area contributed by atoms with Crippen LogP contribution < -0.4 is 9.62 Å². The second-order valence-corrected chi connectivity index (χ2v) is 8.88. The van der Waals surface area contributed by atoms with Crippen molar-refractivity contribution in [2.45, 2.75) is 20.0 Å². The molecule has 0 saturated carbocycles.